The first-order valence-electron chi connectivity index (χ1n) is 7.30. The number of hydrogen-bond acceptors (Lipinski definition) is 4. The second-order valence-electron chi connectivity index (χ2n) is 5.69. The van der Waals surface area contributed by atoms with Gasteiger partial charge in [0.2, 0.25) is 15.9 Å². The second-order valence-corrected chi connectivity index (χ2v) is 7.22. The molecule has 1 aliphatic rings. The summed E-state index contributed by atoms with van der Waals surface area (Å²) in [5, 5.41) is 8.02. The van der Waals surface area contributed by atoms with E-state index in [4.69, 9.17) is 9.88 Å². The molecule has 0 radical (unpaired) electrons. The summed E-state index contributed by atoms with van der Waals surface area (Å²) < 4.78 is 28.2. The molecule has 0 aliphatic carbocycles. The van der Waals surface area contributed by atoms with Crippen molar-refractivity contribution in [2.75, 3.05) is 6.61 Å². The van der Waals surface area contributed by atoms with Gasteiger partial charge in [-0.25, -0.2) is 13.6 Å². The van der Waals surface area contributed by atoms with E-state index in [2.05, 4.69) is 5.32 Å². The quantitative estimate of drug-likeness (QED) is 0.864. The molecule has 1 saturated heterocycles. The molecule has 0 spiro atoms. The van der Waals surface area contributed by atoms with E-state index in [1.807, 2.05) is 6.92 Å². The van der Waals surface area contributed by atoms with E-state index in [-0.39, 0.29) is 22.8 Å². The maximum atomic E-state index is 12.2. The molecule has 2 atom stereocenters. The Bertz CT molecular complexity index is 658. The highest BCUT2D eigenvalue weighted by Gasteiger charge is 2.28. The maximum Gasteiger partial charge on any atom is 0.238 e. The topological polar surface area (TPSA) is 98.5 Å². The molecular weight excluding hydrogens is 304 g/mol. The SMILES string of the molecule is Cc1cc(CNC(=O)C2CCCOC2C)ccc1S(N)(=O)=O. The lowest BCUT2D eigenvalue weighted by Crippen LogP contribution is -2.39. The summed E-state index contributed by atoms with van der Waals surface area (Å²) in [6, 6.07) is 4.85. The van der Waals surface area contributed by atoms with Crippen LogP contribution in [0.1, 0.15) is 30.9 Å². The minimum Gasteiger partial charge on any atom is -0.378 e. The lowest BCUT2D eigenvalue weighted by Gasteiger charge is -2.28. The van der Waals surface area contributed by atoms with Gasteiger partial charge >= 0.3 is 0 Å². The van der Waals surface area contributed by atoms with Gasteiger partial charge in [0.05, 0.1) is 16.9 Å². The first kappa shape index (κ1) is 16.9. The van der Waals surface area contributed by atoms with Gasteiger partial charge in [-0.1, -0.05) is 12.1 Å². The first-order valence-corrected chi connectivity index (χ1v) is 8.85. The van der Waals surface area contributed by atoms with Gasteiger partial charge in [-0.2, -0.15) is 0 Å². The number of carbonyl (C=O) groups is 1. The van der Waals surface area contributed by atoms with Crippen LogP contribution in [0.15, 0.2) is 23.1 Å². The van der Waals surface area contributed by atoms with Crippen LogP contribution in [0.25, 0.3) is 0 Å². The van der Waals surface area contributed by atoms with E-state index < -0.39 is 10.0 Å². The minimum absolute atomic E-state index is 0.0274. The number of sulfonamides is 1. The van der Waals surface area contributed by atoms with Crippen molar-refractivity contribution in [2.45, 2.75) is 44.2 Å². The molecule has 2 rings (SSSR count). The van der Waals surface area contributed by atoms with Crippen molar-refractivity contribution in [3.05, 3.63) is 29.3 Å². The number of benzene rings is 1. The number of ether oxygens (including phenoxy) is 1. The molecule has 1 amide bonds. The molecule has 1 aliphatic heterocycles. The molecule has 6 nitrogen and oxygen atoms in total. The van der Waals surface area contributed by atoms with Crippen molar-refractivity contribution >= 4 is 15.9 Å². The predicted octanol–water partition coefficient (Wildman–Crippen LogP) is 1.07. The second kappa shape index (κ2) is 6.76. The van der Waals surface area contributed by atoms with Crippen molar-refractivity contribution in [1.29, 1.82) is 0 Å². The molecule has 1 aromatic rings. The third-order valence-electron chi connectivity index (χ3n) is 3.96. The fourth-order valence-corrected chi connectivity index (χ4v) is 3.49. The van der Waals surface area contributed by atoms with E-state index in [0.29, 0.717) is 18.7 Å². The van der Waals surface area contributed by atoms with Crippen molar-refractivity contribution in [3.63, 3.8) is 0 Å². The van der Waals surface area contributed by atoms with Crippen LogP contribution in [0.5, 0.6) is 0 Å². The van der Waals surface area contributed by atoms with Gasteiger partial charge in [-0.05, 0) is 43.9 Å². The Morgan fingerprint density at radius 2 is 2.18 bits per heavy atom. The van der Waals surface area contributed by atoms with Crippen LogP contribution in [0.2, 0.25) is 0 Å². The van der Waals surface area contributed by atoms with Crippen LogP contribution < -0.4 is 10.5 Å². The summed E-state index contributed by atoms with van der Waals surface area (Å²) in [5.41, 5.74) is 1.41. The molecule has 7 heteroatoms. The number of aryl methyl sites for hydroxylation is 1. The number of nitrogens with two attached hydrogens (primary N) is 1. The Morgan fingerprint density at radius 1 is 1.45 bits per heavy atom. The van der Waals surface area contributed by atoms with Gasteiger partial charge in [0, 0.05) is 13.2 Å². The zero-order valence-corrected chi connectivity index (χ0v) is 13.7. The average Bonchev–Trinajstić information content (AvgIpc) is 2.44. The number of nitrogens with one attached hydrogen (secondary N) is 1. The van der Waals surface area contributed by atoms with Crippen LogP contribution >= 0.6 is 0 Å². The molecular formula is C15H22N2O4S. The molecule has 1 fully saturated rings. The normalized spacial score (nSPS) is 22.3. The molecule has 3 N–H and O–H groups in total. The third kappa shape index (κ3) is 4.06. The Kier molecular flexibility index (Phi) is 5.20. The molecule has 1 heterocycles. The summed E-state index contributed by atoms with van der Waals surface area (Å²) in [5.74, 6) is -0.154. The van der Waals surface area contributed by atoms with Gasteiger partial charge < -0.3 is 10.1 Å². The number of amides is 1. The largest absolute Gasteiger partial charge is 0.378 e. The minimum atomic E-state index is -3.71. The molecule has 2 unspecified atom stereocenters. The van der Waals surface area contributed by atoms with E-state index in [1.165, 1.54) is 6.07 Å². The zero-order valence-electron chi connectivity index (χ0n) is 12.8. The number of carbonyl (C=O) groups excluding carboxylic acids is 1. The summed E-state index contributed by atoms with van der Waals surface area (Å²) in [6.07, 6.45) is 1.65. The number of rotatable bonds is 4. The Hall–Kier alpha value is -1.44. The lowest BCUT2D eigenvalue weighted by molar-refractivity contribution is -0.133. The van der Waals surface area contributed by atoms with Crippen molar-refractivity contribution in [1.82, 2.24) is 5.32 Å². The van der Waals surface area contributed by atoms with Crippen LogP contribution in [-0.2, 0) is 26.1 Å². The number of primary sulfonamides is 1. The Labute approximate surface area is 131 Å². The van der Waals surface area contributed by atoms with Gasteiger partial charge in [0.15, 0.2) is 0 Å². The summed E-state index contributed by atoms with van der Waals surface area (Å²) in [4.78, 5) is 12.3. The monoisotopic (exact) mass is 326 g/mol. The van der Waals surface area contributed by atoms with Crippen LogP contribution in [0.3, 0.4) is 0 Å². The molecule has 122 valence electrons. The van der Waals surface area contributed by atoms with Gasteiger partial charge in [0.25, 0.3) is 0 Å². The highest BCUT2D eigenvalue weighted by molar-refractivity contribution is 7.89. The highest BCUT2D eigenvalue weighted by atomic mass is 32.2. The Morgan fingerprint density at radius 3 is 2.77 bits per heavy atom. The van der Waals surface area contributed by atoms with Crippen molar-refractivity contribution in [3.8, 4) is 0 Å². The number of hydrogen-bond donors (Lipinski definition) is 2. The van der Waals surface area contributed by atoms with E-state index in [1.54, 1.807) is 19.1 Å². The highest BCUT2D eigenvalue weighted by Crippen LogP contribution is 2.21. The zero-order chi connectivity index (χ0) is 16.3. The summed E-state index contributed by atoms with van der Waals surface area (Å²) >= 11 is 0. The van der Waals surface area contributed by atoms with E-state index >= 15 is 0 Å². The Balaban J connectivity index is 2.00. The van der Waals surface area contributed by atoms with Crippen LogP contribution in [-0.4, -0.2) is 27.0 Å². The molecule has 0 saturated carbocycles. The fourth-order valence-electron chi connectivity index (χ4n) is 2.73. The summed E-state index contributed by atoms with van der Waals surface area (Å²) in [7, 11) is -3.71. The summed E-state index contributed by atoms with van der Waals surface area (Å²) in [6.45, 7) is 4.66. The molecule has 0 bridgehead atoms. The predicted molar refractivity (Wildman–Crippen MR) is 82.5 cm³/mol. The average molecular weight is 326 g/mol. The van der Waals surface area contributed by atoms with Gasteiger partial charge in [-0.3, -0.25) is 4.79 Å². The molecule has 22 heavy (non-hydrogen) atoms. The maximum absolute atomic E-state index is 12.2. The van der Waals surface area contributed by atoms with Crippen molar-refractivity contribution < 1.29 is 17.9 Å². The lowest BCUT2D eigenvalue weighted by atomic mass is 9.94. The smallest absolute Gasteiger partial charge is 0.238 e. The molecule has 1 aromatic carbocycles. The van der Waals surface area contributed by atoms with Gasteiger partial charge in [0.1, 0.15) is 0 Å². The molecule has 0 aromatic heterocycles. The first-order chi connectivity index (χ1) is 10.3. The fraction of sp³-hybridized carbons (Fsp3) is 0.533. The standard InChI is InChI=1S/C15H22N2O4S/c1-10-8-12(5-6-14(10)22(16,19)20)9-17-15(18)13-4-3-7-21-11(13)2/h5-6,8,11,13H,3-4,7,9H2,1-2H3,(H,17,18)(H2,16,19,20). The van der Waals surface area contributed by atoms with Crippen LogP contribution in [0.4, 0.5) is 0 Å². The van der Waals surface area contributed by atoms with E-state index in [0.717, 1.165) is 18.4 Å². The third-order valence-corrected chi connectivity index (χ3v) is 5.03. The van der Waals surface area contributed by atoms with Gasteiger partial charge in [-0.15, -0.1) is 0 Å². The van der Waals surface area contributed by atoms with Crippen LogP contribution in [0, 0.1) is 12.8 Å². The van der Waals surface area contributed by atoms with E-state index in [9.17, 15) is 13.2 Å². The van der Waals surface area contributed by atoms with Crippen molar-refractivity contribution in [2.24, 2.45) is 11.1 Å².